The summed E-state index contributed by atoms with van der Waals surface area (Å²) >= 11 is 1.38. The van der Waals surface area contributed by atoms with E-state index in [4.69, 9.17) is 0 Å². The number of alkyl halides is 3. The Balaban J connectivity index is 1.46. The fourth-order valence-corrected chi connectivity index (χ4v) is 4.00. The number of nitrogens with one attached hydrogen (secondary N) is 1. The molecule has 4 nitrogen and oxygen atoms in total. The zero-order valence-electron chi connectivity index (χ0n) is 15.3. The number of aliphatic hydroxyl groups is 1. The molecule has 0 bridgehead atoms. The number of H-pyrrole nitrogens is 1. The van der Waals surface area contributed by atoms with E-state index >= 15 is 0 Å². The SMILES string of the molecule is CC(O)(Cc1ncc(CC2(C(F)(F)F)CC2)[nH]1)c1ccc(-c2cnsc2)cc1. The van der Waals surface area contributed by atoms with Gasteiger partial charge >= 0.3 is 6.18 Å². The standard InChI is InChI=1S/C20H20F3N3OS/c1-18(27,15-4-2-13(3-5-15)14-10-25-28-12-14)9-17-24-11-16(26-17)8-19(6-7-19)20(21,22)23/h2-5,10-12,27H,6-9H2,1H3,(H,24,26). The number of halogens is 3. The number of imidazole rings is 1. The summed E-state index contributed by atoms with van der Waals surface area (Å²) in [6.45, 7) is 1.68. The lowest BCUT2D eigenvalue weighted by atomic mass is 9.91. The van der Waals surface area contributed by atoms with Crippen molar-refractivity contribution in [2.75, 3.05) is 0 Å². The molecule has 2 aromatic heterocycles. The molecule has 0 spiro atoms. The molecular formula is C20H20F3N3OS. The molecule has 1 unspecified atom stereocenters. The van der Waals surface area contributed by atoms with E-state index in [1.807, 2.05) is 29.6 Å². The van der Waals surface area contributed by atoms with Gasteiger partial charge in [-0.25, -0.2) is 9.36 Å². The number of benzene rings is 1. The molecule has 1 aliphatic carbocycles. The molecule has 2 N–H and O–H groups in total. The van der Waals surface area contributed by atoms with E-state index in [0.29, 0.717) is 17.1 Å². The largest absolute Gasteiger partial charge is 0.394 e. The quantitative estimate of drug-likeness (QED) is 0.613. The van der Waals surface area contributed by atoms with Crippen LogP contribution in [0.5, 0.6) is 0 Å². The summed E-state index contributed by atoms with van der Waals surface area (Å²) in [5.41, 5.74) is 0.404. The first-order valence-electron chi connectivity index (χ1n) is 9.01. The van der Waals surface area contributed by atoms with E-state index in [0.717, 1.165) is 11.1 Å². The van der Waals surface area contributed by atoms with Gasteiger partial charge in [0, 0.05) is 41.9 Å². The first-order chi connectivity index (χ1) is 13.2. The Morgan fingerprint density at radius 1 is 1.14 bits per heavy atom. The van der Waals surface area contributed by atoms with Crippen LogP contribution in [0.25, 0.3) is 11.1 Å². The molecule has 1 saturated carbocycles. The van der Waals surface area contributed by atoms with Crippen molar-refractivity contribution < 1.29 is 18.3 Å². The van der Waals surface area contributed by atoms with Gasteiger partial charge in [-0.15, -0.1) is 0 Å². The normalized spacial score (nSPS) is 18.0. The highest BCUT2D eigenvalue weighted by atomic mass is 32.1. The molecule has 0 radical (unpaired) electrons. The summed E-state index contributed by atoms with van der Waals surface area (Å²) in [4.78, 5) is 7.15. The molecule has 4 rings (SSSR count). The fraction of sp³-hybridized carbons (Fsp3) is 0.400. The minimum Gasteiger partial charge on any atom is -0.385 e. The molecule has 8 heteroatoms. The van der Waals surface area contributed by atoms with Crippen LogP contribution in [-0.4, -0.2) is 25.6 Å². The smallest absolute Gasteiger partial charge is 0.385 e. The minimum absolute atomic E-state index is 0.0883. The number of aromatic nitrogens is 3. The second-order valence-electron chi connectivity index (χ2n) is 7.75. The summed E-state index contributed by atoms with van der Waals surface area (Å²) in [6, 6.07) is 7.53. The summed E-state index contributed by atoms with van der Waals surface area (Å²) < 4.78 is 43.5. The van der Waals surface area contributed by atoms with E-state index in [1.54, 1.807) is 13.1 Å². The summed E-state index contributed by atoms with van der Waals surface area (Å²) in [6.07, 6.45) is -0.535. The second-order valence-corrected chi connectivity index (χ2v) is 8.41. The summed E-state index contributed by atoms with van der Waals surface area (Å²) in [7, 11) is 0. The molecule has 0 aliphatic heterocycles. The topological polar surface area (TPSA) is 61.8 Å². The van der Waals surface area contributed by atoms with E-state index in [2.05, 4.69) is 14.3 Å². The van der Waals surface area contributed by atoms with Crippen LogP contribution < -0.4 is 0 Å². The molecule has 1 atom stereocenters. The third kappa shape index (κ3) is 3.71. The lowest BCUT2D eigenvalue weighted by Gasteiger charge is -2.23. The van der Waals surface area contributed by atoms with Crippen LogP contribution in [0.3, 0.4) is 0 Å². The molecule has 0 saturated heterocycles. The Labute approximate surface area is 164 Å². The van der Waals surface area contributed by atoms with Crippen LogP contribution in [0.4, 0.5) is 13.2 Å². The van der Waals surface area contributed by atoms with E-state index in [1.165, 1.54) is 17.7 Å². The van der Waals surface area contributed by atoms with Crippen LogP contribution in [0.1, 0.15) is 36.8 Å². The Morgan fingerprint density at radius 3 is 2.43 bits per heavy atom. The maximum absolute atomic E-state index is 13.1. The fourth-order valence-electron chi connectivity index (χ4n) is 3.46. The maximum Gasteiger partial charge on any atom is 0.394 e. The molecule has 0 amide bonds. The van der Waals surface area contributed by atoms with Gasteiger partial charge in [0.2, 0.25) is 0 Å². The van der Waals surface area contributed by atoms with Crippen molar-refractivity contribution in [3.63, 3.8) is 0 Å². The molecule has 3 aromatic rings. The van der Waals surface area contributed by atoms with E-state index in [9.17, 15) is 18.3 Å². The molecular weight excluding hydrogens is 387 g/mol. The Kier molecular flexibility index (Phi) is 4.58. The van der Waals surface area contributed by atoms with Crippen molar-refractivity contribution in [2.45, 2.75) is 44.4 Å². The molecule has 28 heavy (non-hydrogen) atoms. The van der Waals surface area contributed by atoms with Gasteiger partial charge in [-0.3, -0.25) is 0 Å². The van der Waals surface area contributed by atoms with Crippen molar-refractivity contribution >= 4 is 11.5 Å². The van der Waals surface area contributed by atoms with Crippen molar-refractivity contribution in [1.29, 1.82) is 0 Å². The average Bonchev–Trinajstić information content (AvgIpc) is 3.04. The zero-order valence-corrected chi connectivity index (χ0v) is 16.1. The third-order valence-electron chi connectivity index (χ3n) is 5.45. The van der Waals surface area contributed by atoms with Crippen LogP contribution in [-0.2, 0) is 18.4 Å². The first kappa shape index (κ1) is 19.1. The minimum atomic E-state index is -4.19. The van der Waals surface area contributed by atoms with Crippen LogP contribution >= 0.6 is 11.5 Å². The molecule has 1 fully saturated rings. The Hall–Kier alpha value is -2.19. The monoisotopic (exact) mass is 407 g/mol. The molecule has 148 valence electrons. The maximum atomic E-state index is 13.1. The molecule has 1 aliphatic rings. The molecule has 1 aromatic carbocycles. The van der Waals surface area contributed by atoms with Crippen molar-refractivity contribution in [3.8, 4) is 11.1 Å². The van der Waals surface area contributed by atoms with Crippen LogP contribution in [0.2, 0.25) is 0 Å². The summed E-state index contributed by atoms with van der Waals surface area (Å²) in [5, 5.41) is 12.8. The second kappa shape index (κ2) is 6.70. The van der Waals surface area contributed by atoms with Crippen LogP contribution in [0.15, 0.2) is 42.0 Å². The Morgan fingerprint density at radius 2 is 1.86 bits per heavy atom. The van der Waals surface area contributed by atoms with Gasteiger partial charge < -0.3 is 10.1 Å². The van der Waals surface area contributed by atoms with Gasteiger partial charge in [0.15, 0.2) is 0 Å². The number of hydrogen-bond acceptors (Lipinski definition) is 4. The van der Waals surface area contributed by atoms with Gasteiger partial charge in [0.05, 0.1) is 11.0 Å². The lowest BCUT2D eigenvalue weighted by molar-refractivity contribution is -0.186. The van der Waals surface area contributed by atoms with Gasteiger partial charge in [-0.05, 0) is 42.4 Å². The number of hydrogen-bond donors (Lipinski definition) is 2. The van der Waals surface area contributed by atoms with E-state index < -0.39 is 17.2 Å². The highest BCUT2D eigenvalue weighted by Crippen LogP contribution is 2.59. The third-order valence-corrected chi connectivity index (χ3v) is 6.04. The highest BCUT2D eigenvalue weighted by Gasteiger charge is 2.62. The number of aromatic amines is 1. The number of nitrogens with zero attached hydrogens (tertiary/aromatic N) is 2. The van der Waals surface area contributed by atoms with Gasteiger partial charge in [0.1, 0.15) is 5.82 Å². The van der Waals surface area contributed by atoms with Gasteiger partial charge in [-0.1, -0.05) is 24.3 Å². The predicted molar refractivity (Wildman–Crippen MR) is 101 cm³/mol. The van der Waals surface area contributed by atoms with Crippen LogP contribution in [0, 0.1) is 5.41 Å². The van der Waals surface area contributed by atoms with Gasteiger partial charge in [0.25, 0.3) is 0 Å². The average molecular weight is 407 g/mol. The molecule has 2 heterocycles. The van der Waals surface area contributed by atoms with Gasteiger partial charge in [-0.2, -0.15) is 13.2 Å². The number of rotatable bonds is 6. The van der Waals surface area contributed by atoms with E-state index in [-0.39, 0.29) is 25.7 Å². The van der Waals surface area contributed by atoms with Crippen molar-refractivity contribution in [3.05, 3.63) is 59.1 Å². The van der Waals surface area contributed by atoms with Crippen molar-refractivity contribution in [2.24, 2.45) is 5.41 Å². The first-order valence-corrected chi connectivity index (χ1v) is 9.84. The lowest BCUT2D eigenvalue weighted by Crippen LogP contribution is -2.27. The predicted octanol–water partition coefficient (Wildman–Crippen LogP) is 4.87. The van der Waals surface area contributed by atoms with Crippen molar-refractivity contribution in [1.82, 2.24) is 14.3 Å². The zero-order chi connectivity index (χ0) is 20.0. The highest BCUT2D eigenvalue weighted by molar-refractivity contribution is 7.03. The Bertz CT molecular complexity index is 942. The summed E-state index contributed by atoms with van der Waals surface area (Å²) in [5.74, 6) is 0.476.